The molecular weight excluding hydrogens is 228 g/mol. The Hall–Kier alpha value is -1.35. The number of carbonyl (C=O) groups is 1. The van der Waals surface area contributed by atoms with Crippen molar-refractivity contribution in [2.45, 2.75) is 38.4 Å². The van der Waals surface area contributed by atoms with Gasteiger partial charge in [-0.15, -0.1) is 0 Å². The Morgan fingerprint density at radius 3 is 2.50 bits per heavy atom. The van der Waals surface area contributed by atoms with Crippen LogP contribution >= 0.6 is 0 Å². The lowest BCUT2D eigenvalue weighted by Crippen LogP contribution is -2.21. The average molecular weight is 246 g/mol. The van der Waals surface area contributed by atoms with Crippen LogP contribution in [0.15, 0.2) is 24.3 Å². The van der Waals surface area contributed by atoms with E-state index in [1.54, 1.807) is 0 Å². The first-order chi connectivity index (χ1) is 8.74. The standard InChI is InChI=1S/C15H18O3/c1-10-14(8-9-17-10)15(16)11-2-4-12(5-3-11)18-13-6-7-13/h2-5,10,13-14H,6-9H2,1H3. The Balaban J connectivity index is 1.69. The maximum atomic E-state index is 12.3. The van der Waals surface area contributed by atoms with Crippen LogP contribution in [0.5, 0.6) is 5.75 Å². The Morgan fingerprint density at radius 1 is 1.22 bits per heavy atom. The maximum absolute atomic E-state index is 12.3. The second-order valence-corrected chi connectivity index (χ2v) is 5.18. The van der Waals surface area contributed by atoms with Gasteiger partial charge in [0.1, 0.15) is 5.75 Å². The highest BCUT2D eigenvalue weighted by Gasteiger charge is 2.31. The summed E-state index contributed by atoms with van der Waals surface area (Å²) in [5.74, 6) is 1.07. The molecule has 2 aliphatic rings. The van der Waals surface area contributed by atoms with E-state index in [0.29, 0.717) is 12.7 Å². The average Bonchev–Trinajstić information content (AvgIpc) is 3.09. The van der Waals surface area contributed by atoms with Gasteiger partial charge in [-0.05, 0) is 50.5 Å². The monoisotopic (exact) mass is 246 g/mol. The fraction of sp³-hybridized carbons (Fsp3) is 0.533. The summed E-state index contributed by atoms with van der Waals surface area (Å²) in [6.45, 7) is 2.67. The summed E-state index contributed by atoms with van der Waals surface area (Å²) in [7, 11) is 0. The smallest absolute Gasteiger partial charge is 0.168 e. The number of benzene rings is 1. The molecule has 1 aliphatic heterocycles. The van der Waals surface area contributed by atoms with Crippen LogP contribution in [0.3, 0.4) is 0 Å². The summed E-state index contributed by atoms with van der Waals surface area (Å²) >= 11 is 0. The van der Waals surface area contributed by atoms with Gasteiger partial charge in [-0.25, -0.2) is 0 Å². The molecule has 0 radical (unpaired) electrons. The molecule has 1 aromatic rings. The second kappa shape index (κ2) is 4.73. The van der Waals surface area contributed by atoms with Crippen molar-refractivity contribution in [3.05, 3.63) is 29.8 Å². The van der Waals surface area contributed by atoms with Gasteiger partial charge < -0.3 is 9.47 Å². The first-order valence-corrected chi connectivity index (χ1v) is 6.66. The van der Waals surface area contributed by atoms with Gasteiger partial charge in [0.15, 0.2) is 5.78 Å². The topological polar surface area (TPSA) is 35.5 Å². The van der Waals surface area contributed by atoms with Crippen LogP contribution in [0.4, 0.5) is 0 Å². The summed E-state index contributed by atoms with van der Waals surface area (Å²) in [6.07, 6.45) is 3.57. The molecule has 2 fully saturated rings. The van der Waals surface area contributed by atoms with Crippen molar-refractivity contribution in [1.29, 1.82) is 0 Å². The van der Waals surface area contributed by atoms with Gasteiger partial charge in [0.2, 0.25) is 0 Å². The molecule has 2 atom stereocenters. The van der Waals surface area contributed by atoms with Crippen molar-refractivity contribution in [2.24, 2.45) is 5.92 Å². The molecule has 1 saturated heterocycles. The van der Waals surface area contributed by atoms with E-state index < -0.39 is 0 Å². The summed E-state index contributed by atoms with van der Waals surface area (Å²) in [5.41, 5.74) is 0.764. The van der Waals surface area contributed by atoms with E-state index in [9.17, 15) is 4.79 Å². The highest BCUT2D eigenvalue weighted by molar-refractivity contribution is 5.98. The SMILES string of the molecule is CC1OCCC1C(=O)c1ccc(OC2CC2)cc1. The normalized spacial score (nSPS) is 27.2. The molecule has 1 saturated carbocycles. The molecule has 2 unspecified atom stereocenters. The van der Waals surface area contributed by atoms with Crippen LogP contribution in [-0.2, 0) is 4.74 Å². The second-order valence-electron chi connectivity index (χ2n) is 5.18. The highest BCUT2D eigenvalue weighted by atomic mass is 16.5. The van der Waals surface area contributed by atoms with E-state index in [4.69, 9.17) is 9.47 Å². The Bertz CT molecular complexity index is 434. The zero-order valence-corrected chi connectivity index (χ0v) is 10.6. The van der Waals surface area contributed by atoms with Crippen molar-refractivity contribution in [3.63, 3.8) is 0 Å². The van der Waals surface area contributed by atoms with Crippen LogP contribution < -0.4 is 4.74 Å². The predicted octanol–water partition coefficient (Wildman–Crippen LogP) is 2.84. The van der Waals surface area contributed by atoms with Gasteiger partial charge >= 0.3 is 0 Å². The lowest BCUT2D eigenvalue weighted by Gasteiger charge is -2.13. The van der Waals surface area contributed by atoms with E-state index in [0.717, 1.165) is 30.6 Å². The number of hydrogen-bond acceptors (Lipinski definition) is 3. The fourth-order valence-corrected chi connectivity index (χ4v) is 2.37. The van der Waals surface area contributed by atoms with Gasteiger partial charge in [0.25, 0.3) is 0 Å². The van der Waals surface area contributed by atoms with Crippen molar-refractivity contribution in [3.8, 4) is 5.75 Å². The van der Waals surface area contributed by atoms with Gasteiger partial charge in [-0.2, -0.15) is 0 Å². The third-order valence-electron chi connectivity index (χ3n) is 3.68. The molecule has 3 rings (SSSR count). The fourth-order valence-electron chi connectivity index (χ4n) is 2.37. The summed E-state index contributed by atoms with van der Waals surface area (Å²) in [5, 5.41) is 0. The van der Waals surface area contributed by atoms with Gasteiger partial charge in [-0.3, -0.25) is 4.79 Å². The third-order valence-corrected chi connectivity index (χ3v) is 3.68. The zero-order valence-electron chi connectivity index (χ0n) is 10.6. The molecule has 3 heteroatoms. The van der Waals surface area contributed by atoms with E-state index in [2.05, 4.69) is 0 Å². The molecule has 0 N–H and O–H groups in total. The number of ketones is 1. The lowest BCUT2D eigenvalue weighted by atomic mass is 9.92. The third kappa shape index (κ3) is 2.41. The van der Waals surface area contributed by atoms with E-state index in [1.165, 1.54) is 0 Å². The Kier molecular flexibility index (Phi) is 3.08. The zero-order chi connectivity index (χ0) is 12.5. The first kappa shape index (κ1) is 11.7. The number of Topliss-reactive ketones (excluding diaryl/α,β-unsaturated/α-hetero) is 1. The van der Waals surface area contributed by atoms with E-state index >= 15 is 0 Å². The lowest BCUT2D eigenvalue weighted by molar-refractivity contribution is 0.0764. The quantitative estimate of drug-likeness (QED) is 0.766. The summed E-state index contributed by atoms with van der Waals surface area (Å²) in [6, 6.07) is 7.52. The van der Waals surface area contributed by atoms with Crippen LogP contribution in [0, 0.1) is 5.92 Å². The van der Waals surface area contributed by atoms with Crippen LogP contribution in [0.1, 0.15) is 36.5 Å². The summed E-state index contributed by atoms with van der Waals surface area (Å²) in [4.78, 5) is 12.3. The van der Waals surface area contributed by atoms with E-state index in [1.807, 2.05) is 31.2 Å². The van der Waals surface area contributed by atoms with Crippen molar-refractivity contribution < 1.29 is 14.3 Å². The minimum atomic E-state index is 0.0141. The van der Waals surface area contributed by atoms with E-state index in [-0.39, 0.29) is 17.8 Å². The number of rotatable bonds is 4. The number of ether oxygens (including phenoxy) is 2. The molecule has 3 nitrogen and oxygen atoms in total. The largest absolute Gasteiger partial charge is 0.490 e. The Labute approximate surface area is 107 Å². The molecule has 0 amide bonds. The minimum absolute atomic E-state index is 0.0141. The molecule has 0 bridgehead atoms. The Morgan fingerprint density at radius 2 is 1.94 bits per heavy atom. The molecule has 1 aliphatic carbocycles. The first-order valence-electron chi connectivity index (χ1n) is 6.66. The number of hydrogen-bond donors (Lipinski definition) is 0. The van der Waals surface area contributed by atoms with Crippen LogP contribution in [-0.4, -0.2) is 24.6 Å². The van der Waals surface area contributed by atoms with Crippen LogP contribution in [0.2, 0.25) is 0 Å². The molecule has 1 heterocycles. The van der Waals surface area contributed by atoms with Gasteiger partial charge in [-0.1, -0.05) is 0 Å². The number of carbonyl (C=O) groups excluding carboxylic acids is 1. The van der Waals surface area contributed by atoms with Crippen molar-refractivity contribution in [2.75, 3.05) is 6.61 Å². The van der Waals surface area contributed by atoms with Gasteiger partial charge in [0, 0.05) is 12.2 Å². The maximum Gasteiger partial charge on any atom is 0.168 e. The van der Waals surface area contributed by atoms with Crippen molar-refractivity contribution in [1.82, 2.24) is 0 Å². The predicted molar refractivity (Wildman–Crippen MR) is 67.9 cm³/mol. The molecular formula is C15H18O3. The van der Waals surface area contributed by atoms with Gasteiger partial charge in [0.05, 0.1) is 18.1 Å². The minimum Gasteiger partial charge on any atom is -0.490 e. The highest BCUT2D eigenvalue weighted by Crippen LogP contribution is 2.28. The van der Waals surface area contributed by atoms with Crippen molar-refractivity contribution >= 4 is 5.78 Å². The summed E-state index contributed by atoms with van der Waals surface area (Å²) < 4.78 is 11.1. The molecule has 0 aromatic heterocycles. The molecule has 96 valence electrons. The van der Waals surface area contributed by atoms with Crippen LogP contribution in [0.25, 0.3) is 0 Å². The molecule has 18 heavy (non-hydrogen) atoms. The molecule has 0 spiro atoms. The molecule has 1 aromatic carbocycles.